The summed E-state index contributed by atoms with van der Waals surface area (Å²) in [4.78, 5) is 30.9. The molecule has 7 rings (SSSR count). The van der Waals surface area contributed by atoms with Crippen molar-refractivity contribution in [1.82, 2.24) is 4.90 Å². The van der Waals surface area contributed by atoms with Crippen molar-refractivity contribution in [2.75, 3.05) is 13.2 Å². The zero-order chi connectivity index (χ0) is 38.0. The van der Waals surface area contributed by atoms with Crippen LogP contribution in [-0.4, -0.2) is 49.5 Å². The zero-order valence-corrected chi connectivity index (χ0v) is 34.2. The third-order valence-electron chi connectivity index (χ3n) is 11.5. The molecule has 1 aliphatic carbocycles. The molecule has 2 saturated heterocycles. The van der Waals surface area contributed by atoms with E-state index < -0.39 is 20.2 Å². The maximum absolute atomic E-state index is 14.2. The Labute approximate surface area is 329 Å². The largest absolute Gasteiger partial charge is 0.508 e. The number of fused-ring (bicyclic) bond motifs is 3. The van der Waals surface area contributed by atoms with Gasteiger partial charge in [0.1, 0.15) is 5.75 Å². The molecule has 54 heavy (non-hydrogen) atoms. The molecule has 4 atom stereocenters. The predicted octanol–water partition coefficient (Wildman–Crippen LogP) is 9.16. The first-order valence-electron chi connectivity index (χ1n) is 19.2. The van der Waals surface area contributed by atoms with Crippen molar-refractivity contribution in [2.24, 2.45) is 17.8 Å². The average molecular weight is 781 g/mol. The molecule has 0 radical (unpaired) electrons. The number of carbonyl (C=O) groups is 2. The van der Waals surface area contributed by atoms with Crippen LogP contribution in [0.1, 0.15) is 70.2 Å². The van der Waals surface area contributed by atoms with Crippen molar-refractivity contribution in [1.29, 1.82) is 0 Å². The van der Waals surface area contributed by atoms with Crippen molar-refractivity contribution < 1.29 is 23.9 Å². The first-order valence-corrected chi connectivity index (χ1v) is 22.3. The van der Waals surface area contributed by atoms with E-state index in [2.05, 4.69) is 94.4 Å². The molecule has 3 aliphatic rings. The molecular formula is C45H50ClNO5SSi. The van der Waals surface area contributed by atoms with Gasteiger partial charge in [-0.1, -0.05) is 124 Å². The van der Waals surface area contributed by atoms with E-state index in [0.29, 0.717) is 31.2 Å². The van der Waals surface area contributed by atoms with Crippen LogP contribution in [0.25, 0.3) is 6.08 Å². The van der Waals surface area contributed by atoms with Crippen LogP contribution in [0.15, 0.2) is 113 Å². The Morgan fingerprint density at radius 3 is 2.28 bits per heavy atom. The fraction of sp³-hybridized carbons (Fsp3) is 0.378. The third-order valence-corrected chi connectivity index (χ3v) is 17.7. The van der Waals surface area contributed by atoms with Gasteiger partial charge in [-0.05, 0) is 87.5 Å². The summed E-state index contributed by atoms with van der Waals surface area (Å²) >= 11 is 8.10. The SMILES string of the molecule is CCC/C(=C\c1ccc(O)cc1Cl)CC[C@H]1OC[C@H]2C1=C(CO[Si](c1ccccc1)(c1ccccc1)C(C)(C)C)C[C@H]1C(=O)N(Cc3cccs3)C(=O)[C@H]12. The molecule has 9 heteroatoms. The summed E-state index contributed by atoms with van der Waals surface area (Å²) in [5, 5.41) is 14.6. The van der Waals surface area contributed by atoms with Gasteiger partial charge in [0.05, 0.1) is 42.7 Å². The normalized spacial score (nSPS) is 21.9. The van der Waals surface area contributed by atoms with E-state index in [4.69, 9.17) is 20.8 Å². The smallest absolute Gasteiger partial charge is 0.261 e. The second-order valence-corrected chi connectivity index (χ2v) is 21.7. The summed E-state index contributed by atoms with van der Waals surface area (Å²) < 4.78 is 14.2. The number of phenols is 1. The predicted molar refractivity (Wildman–Crippen MR) is 221 cm³/mol. The summed E-state index contributed by atoms with van der Waals surface area (Å²) in [6, 6.07) is 30.3. The fourth-order valence-electron chi connectivity index (χ4n) is 9.10. The first-order chi connectivity index (χ1) is 26.0. The Kier molecular flexibility index (Phi) is 11.5. The molecule has 1 N–H and O–H groups in total. The summed E-state index contributed by atoms with van der Waals surface area (Å²) in [5.74, 6) is -1.06. The minimum Gasteiger partial charge on any atom is -0.508 e. The van der Waals surface area contributed by atoms with Gasteiger partial charge in [-0.3, -0.25) is 14.5 Å². The summed E-state index contributed by atoms with van der Waals surface area (Å²) in [5.41, 5.74) is 4.40. The summed E-state index contributed by atoms with van der Waals surface area (Å²) in [6.07, 6.45) is 5.85. The lowest BCUT2D eigenvalue weighted by molar-refractivity contribution is -0.140. The van der Waals surface area contributed by atoms with Gasteiger partial charge >= 0.3 is 0 Å². The Morgan fingerprint density at radius 2 is 1.67 bits per heavy atom. The number of thiophene rings is 1. The van der Waals surface area contributed by atoms with Crippen LogP contribution in [-0.2, 0) is 25.3 Å². The maximum Gasteiger partial charge on any atom is 0.261 e. The highest BCUT2D eigenvalue weighted by Gasteiger charge is 2.58. The number of likely N-dealkylation sites (tertiary alicyclic amines) is 1. The number of allylic oxidation sites excluding steroid dienone is 1. The number of imide groups is 1. The second kappa shape index (κ2) is 16.1. The number of phenolic OH excluding ortho intramolecular Hbond substituents is 1. The molecule has 282 valence electrons. The molecule has 4 aromatic rings. The maximum atomic E-state index is 14.2. The van der Waals surface area contributed by atoms with Gasteiger partial charge in [-0.25, -0.2) is 0 Å². The van der Waals surface area contributed by atoms with E-state index in [9.17, 15) is 14.7 Å². The molecule has 6 nitrogen and oxygen atoms in total. The molecule has 2 amide bonds. The molecule has 0 unspecified atom stereocenters. The number of nitrogens with zero attached hydrogens (tertiary/aromatic N) is 1. The Hall–Kier alpha value is -3.79. The molecule has 0 saturated carbocycles. The van der Waals surface area contributed by atoms with Gasteiger partial charge in [0.25, 0.3) is 8.32 Å². The number of hydrogen-bond donors (Lipinski definition) is 1. The number of halogens is 1. The van der Waals surface area contributed by atoms with Crippen molar-refractivity contribution in [3.05, 3.63) is 129 Å². The molecule has 3 heterocycles. The third kappa shape index (κ3) is 7.43. The monoisotopic (exact) mass is 779 g/mol. The zero-order valence-electron chi connectivity index (χ0n) is 31.6. The number of amides is 2. The Balaban J connectivity index is 1.26. The average Bonchev–Trinajstić information content (AvgIpc) is 3.89. The highest BCUT2D eigenvalue weighted by atomic mass is 35.5. The minimum atomic E-state index is -2.90. The van der Waals surface area contributed by atoms with Crippen LogP contribution in [0.5, 0.6) is 5.75 Å². The van der Waals surface area contributed by atoms with Gasteiger partial charge in [-0.2, -0.15) is 0 Å². The number of carbonyl (C=O) groups excluding carboxylic acids is 2. The van der Waals surface area contributed by atoms with Crippen molar-refractivity contribution >= 4 is 59.5 Å². The Bertz CT molecular complexity index is 1980. The lowest BCUT2D eigenvalue weighted by Gasteiger charge is -2.44. The summed E-state index contributed by atoms with van der Waals surface area (Å²) in [6.45, 7) is 10.1. The van der Waals surface area contributed by atoms with E-state index in [1.165, 1.54) is 20.8 Å². The minimum absolute atomic E-state index is 0.0781. The van der Waals surface area contributed by atoms with Crippen LogP contribution < -0.4 is 10.4 Å². The van der Waals surface area contributed by atoms with Crippen LogP contribution in [0, 0.1) is 17.8 Å². The van der Waals surface area contributed by atoms with E-state index in [1.54, 1.807) is 23.5 Å². The lowest BCUT2D eigenvalue weighted by atomic mass is 9.69. The fourth-order valence-corrected chi connectivity index (χ4v) is 14.6. The quantitative estimate of drug-likeness (QED) is 0.0833. The molecule has 1 aromatic heterocycles. The van der Waals surface area contributed by atoms with Gasteiger partial charge < -0.3 is 14.3 Å². The first kappa shape index (κ1) is 38.5. The van der Waals surface area contributed by atoms with Gasteiger partial charge in [0, 0.05) is 10.8 Å². The highest BCUT2D eigenvalue weighted by Crippen LogP contribution is 2.51. The van der Waals surface area contributed by atoms with Crippen LogP contribution in [0.2, 0.25) is 10.1 Å². The molecule has 3 aromatic carbocycles. The van der Waals surface area contributed by atoms with Gasteiger partial charge in [0.2, 0.25) is 11.8 Å². The number of benzene rings is 3. The van der Waals surface area contributed by atoms with E-state index in [-0.39, 0.29) is 34.6 Å². The lowest BCUT2D eigenvalue weighted by Crippen LogP contribution is -2.66. The van der Waals surface area contributed by atoms with Crippen molar-refractivity contribution in [3.8, 4) is 5.75 Å². The van der Waals surface area contributed by atoms with Crippen LogP contribution in [0.3, 0.4) is 0 Å². The van der Waals surface area contributed by atoms with Crippen molar-refractivity contribution in [2.45, 2.75) is 77.5 Å². The molecule has 0 bridgehead atoms. The molecule has 2 fully saturated rings. The standard InChI is InChI=1S/C45H50ClNO5SSi/c1-5-13-30(24-31-20-21-33(48)26-39(31)46)19-22-40-41-32(25-37-42(38(41)29-51-40)44(50)47(43(37)49)27-34-14-12-23-53-34)28-52-54(45(2,3)4,35-15-8-6-9-16-35)36-17-10-7-11-18-36/h6-12,14-18,20-21,23-24,26,37-38,40,42,48H,5,13,19,22,25,27-29H2,1-4H3/b30-24+/t37-,38+,40-,42-/m1/s1. The van der Waals surface area contributed by atoms with E-state index in [0.717, 1.165) is 47.3 Å². The highest BCUT2D eigenvalue weighted by molar-refractivity contribution is 7.09. The molecule has 2 aliphatic heterocycles. The van der Waals surface area contributed by atoms with Crippen LogP contribution in [0.4, 0.5) is 0 Å². The number of ether oxygens (including phenoxy) is 1. The van der Waals surface area contributed by atoms with Crippen LogP contribution >= 0.6 is 22.9 Å². The second-order valence-electron chi connectivity index (χ2n) is 15.9. The summed E-state index contributed by atoms with van der Waals surface area (Å²) in [7, 11) is -2.90. The number of hydrogen-bond acceptors (Lipinski definition) is 6. The molecular weight excluding hydrogens is 730 g/mol. The van der Waals surface area contributed by atoms with E-state index >= 15 is 0 Å². The van der Waals surface area contributed by atoms with Crippen molar-refractivity contribution in [3.63, 3.8) is 0 Å². The van der Waals surface area contributed by atoms with E-state index in [1.807, 2.05) is 23.6 Å². The van der Waals surface area contributed by atoms with Gasteiger partial charge in [0.15, 0.2) is 0 Å². The van der Waals surface area contributed by atoms with Gasteiger partial charge in [-0.15, -0.1) is 11.3 Å². The topological polar surface area (TPSA) is 76.1 Å². The number of rotatable bonds is 13. The number of aromatic hydroxyl groups is 1. The molecule has 0 spiro atoms. The Morgan fingerprint density at radius 1 is 0.963 bits per heavy atom.